The minimum Gasteiger partial charge on any atom is -0.354 e. The zero-order valence-electron chi connectivity index (χ0n) is 16.7. The lowest BCUT2D eigenvalue weighted by molar-refractivity contribution is -0.123. The lowest BCUT2D eigenvalue weighted by Crippen LogP contribution is -2.38. The smallest absolute Gasteiger partial charge is 0.222 e. The van der Waals surface area contributed by atoms with Crippen molar-refractivity contribution in [1.29, 1.82) is 0 Å². The van der Waals surface area contributed by atoms with Crippen LogP contribution in [0.25, 0.3) is 0 Å². The fraction of sp³-hybridized carbons (Fsp3) is 0.391. The Bertz CT molecular complexity index is 805. The van der Waals surface area contributed by atoms with Gasteiger partial charge in [0, 0.05) is 17.9 Å². The first-order valence-electron chi connectivity index (χ1n) is 10.1. The topological polar surface area (TPSA) is 61.4 Å². The summed E-state index contributed by atoms with van der Waals surface area (Å²) < 4.78 is 0.962. The van der Waals surface area contributed by atoms with E-state index in [9.17, 15) is 9.59 Å². The first-order chi connectivity index (χ1) is 14.0. The first-order valence-corrected chi connectivity index (χ1v) is 10.9. The van der Waals surface area contributed by atoms with Crippen molar-refractivity contribution in [3.8, 4) is 0 Å². The number of benzene rings is 2. The van der Waals surface area contributed by atoms with Gasteiger partial charge in [0.15, 0.2) is 0 Å². The third kappa shape index (κ3) is 6.41. The molecule has 2 amide bonds. The van der Waals surface area contributed by atoms with Gasteiger partial charge in [-0.1, -0.05) is 58.4 Å². The van der Waals surface area contributed by atoms with E-state index in [0.717, 1.165) is 23.1 Å². The highest BCUT2D eigenvalue weighted by atomic mass is 79.9. The van der Waals surface area contributed by atoms with Crippen LogP contribution in [-0.4, -0.2) is 36.3 Å². The van der Waals surface area contributed by atoms with Gasteiger partial charge >= 0.3 is 0 Å². The van der Waals surface area contributed by atoms with E-state index in [1.54, 1.807) is 0 Å². The molecule has 1 heterocycles. The molecule has 0 spiro atoms. The summed E-state index contributed by atoms with van der Waals surface area (Å²) in [5, 5.41) is 6.00. The molecule has 0 aromatic heterocycles. The fourth-order valence-corrected chi connectivity index (χ4v) is 4.11. The number of rotatable bonds is 8. The van der Waals surface area contributed by atoms with Crippen molar-refractivity contribution in [2.24, 2.45) is 0 Å². The summed E-state index contributed by atoms with van der Waals surface area (Å²) >= 11 is 3.42. The van der Waals surface area contributed by atoms with Gasteiger partial charge in [0.05, 0.1) is 18.5 Å². The summed E-state index contributed by atoms with van der Waals surface area (Å²) in [5.41, 5.74) is 2.14. The van der Waals surface area contributed by atoms with Gasteiger partial charge in [-0.25, -0.2) is 0 Å². The predicted molar refractivity (Wildman–Crippen MR) is 118 cm³/mol. The SMILES string of the molecule is CC(=O)NC(CC(=O)NCC(c1ccccc1)N1CCCC1)c1ccc(Br)cc1. The monoisotopic (exact) mass is 457 g/mol. The Balaban J connectivity index is 1.65. The van der Waals surface area contributed by atoms with E-state index in [-0.39, 0.29) is 30.3 Å². The van der Waals surface area contributed by atoms with Gasteiger partial charge in [-0.15, -0.1) is 0 Å². The minimum atomic E-state index is -0.345. The number of amides is 2. The van der Waals surface area contributed by atoms with E-state index in [4.69, 9.17) is 0 Å². The second kappa shape index (κ2) is 10.6. The van der Waals surface area contributed by atoms with Crippen molar-refractivity contribution in [2.45, 2.75) is 38.3 Å². The van der Waals surface area contributed by atoms with Gasteiger partial charge in [0.2, 0.25) is 11.8 Å². The highest BCUT2D eigenvalue weighted by molar-refractivity contribution is 9.10. The van der Waals surface area contributed by atoms with Gasteiger partial charge in [0.25, 0.3) is 0 Å². The average molecular weight is 458 g/mol. The van der Waals surface area contributed by atoms with Crippen LogP contribution in [0.15, 0.2) is 59.1 Å². The zero-order chi connectivity index (χ0) is 20.6. The lowest BCUT2D eigenvalue weighted by atomic mass is 10.0. The van der Waals surface area contributed by atoms with Crippen molar-refractivity contribution < 1.29 is 9.59 Å². The molecule has 1 aliphatic heterocycles. The van der Waals surface area contributed by atoms with Crippen LogP contribution < -0.4 is 10.6 Å². The average Bonchev–Trinajstić information content (AvgIpc) is 3.23. The number of hydrogen-bond acceptors (Lipinski definition) is 3. The molecule has 1 fully saturated rings. The Morgan fingerprint density at radius 1 is 1.00 bits per heavy atom. The maximum atomic E-state index is 12.7. The Kier molecular flexibility index (Phi) is 7.83. The Labute approximate surface area is 181 Å². The number of halogens is 1. The number of carbonyl (C=O) groups is 2. The molecule has 2 aromatic carbocycles. The molecule has 154 valence electrons. The van der Waals surface area contributed by atoms with E-state index >= 15 is 0 Å². The highest BCUT2D eigenvalue weighted by Gasteiger charge is 2.24. The van der Waals surface area contributed by atoms with Crippen LogP contribution in [0.3, 0.4) is 0 Å². The standard InChI is InChI=1S/C23H28BrN3O2/c1-17(28)26-21(18-9-11-20(24)12-10-18)15-23(29)25-16-22(27-13-5-6-14-27)19-7-3-2-4-8-19/h2-4,7-12,21-22H,5-6,13-16H2,1H3,(H,25,29)(H,26,28). The summed E-state index contributed by atoms with van der Waals surface area (Å²) in [6.07, 6.45) is 2.61. The van der Waals surface area contributed by atoms with Crippen LogP contribution >= 0.6 is 15.9 Å². The molecule has 1 aliphatic rings. The second-order valence-electron chi connectivity index (χ2n) is 7.48. The van der Waals surface area contributed by atoms with Crippen molar-refractivity contribution in [3.63, 3.8) is 0 Å². The minimum absolute atomic E-state index is 0.0632. The van der Waals surface area contributed by atoms with Crippen LogP contribution in [-0.2, 0) is 9.59 Å². The van der Waals surface area contributed by atoms with Crippen LogP contribution in [0, 0.1) is 0 Å². The maximum Gasteiger partial charge on any atom is 0.222 e. The van der Waals surface area contributed by atoms with Crippen molar-refractivity contribution in [3.05, 3.63) is 70.2 Å². The van der Waals surface area contributed by atoms with E-state index in [2.05, 4.69) is 43.6 Å². The summed E-state index contributed by atoms with van der Waals surface area (Å²) in [6, 6.07) is 17.9. The number of carbonyl (C=O) groups excluding carboxylic acids is 2. The van der Waals surface area contributed by atoms with Crippen LogP contribution in [0.4, 0.5) is 0 Å². The molecular formula is C23H28BrN3O2. The van der Waals surface area contributed by atoms with Gasteiger partial charge < -0.3 is 10.6 Å². The molecule has 5 nitrogen and oxygen atoms in total. The van der Waals surface area contributed by atoms with Crippen molar-refractivity contribution in [2.75, 3.05) is 19.6 Å². The Morgan fingerprint density at radius 2 is 1.66 bits per heavy atom. The molecule has 2 aromatic rings. The number of likely N-dealkylation sites (tertiary alicyclic amines) is 1. The zero-order valence-corrected chi connectivity index (χ0v) is 18.3. The van der Waals surface area contributed by atoms with Crippen molar-refractivity contribution >= 4 is 27.7 Å². The van der Waals surface area contributed by atoms with E-state index < -0.39 is 0 Å². The largest absolute Gasteiger partial charge is 0.354 e. The van der Waals surface area contributed by atoms with E-state index in [0.29, 0.717) is 6.54 Å². The molecule has 2 N–H and O–H groups in total. The van der Waals surface area contributed by atoms with E-state index in [1.165, 1.54) is 25.3 Å². The molecule has 0 aliphatic carbocycles. The molecule has 2 unspecified atom stereocenters. The number of nitrogens with zero attached hydrogens (tertiary/aromatic N) is 1. The van der Waals surface area contributed by atoms with Crippen LogP contribution in [0.1, 0.15) is 49.4 Å². The fourth-order valence-electron chi connectivity index (χ4n) is 3.85. The normalized spacial score (nSPS) is 16.2. The molecule has 0 saturated carbocycles. The highest BCUT2D eigenvalue weighted by Crippen LogP contribution is 2.25. The summed E-state index contributed by atoms with van der Waals surface area (Å²) in [5.74, 6) is -0.211. The maximum absolute atomic E-state index is 12.7. The predicted octanol–water partition coefficient (Wildman–Crippen LogP) is 3.97. The summed E-state index contributed by atoms with van der Waals surface area (Å²) in [4.78, 5) is 26.8. The number of hydrogen-bond donors (Lipinski definition) is 2. The third-order valence-corrected chi connectivity index (χ3v) is 5.83. The number of nitrogens with one attached hydrogen (secondary N) is 2. The molecular weight excluding hydrogens is 430 g/mol. The van der Waals surface area contributed by atoms with E-state index in [1.807, 2.05) is 42.5 Å². The Hall–Kier alpha value is -2.18. The second-order valence-corrected chi connectivity index (χ2v) is 8.40. The molecule has 29 heavy (non-hydrogen) atoms. The van der Waals surface area contributed by atoms with Gasteiger partial charge in [-0.05, 0) is 49.2 Å². The summed E-state index contributed by atoms with van der Waals surface area (Å²) in [7, 11) is 0. The third-order valence-electron chi connectivity index (χ3n) is 5.30. The van der Waals surface area contributed by atoms with Crippen LogP contribution in [0.5, 0.6) is 0 Å². The molecule has 2 atom stereocenters. The molecule has 1 saturated heterocycles. The molecule has 0 bridgehead atoms. The van der Waals surface area contributed by atoms with Gasteiger partial charge in [-0.3, -0.25) is 14.5 Å². The molecule has 0 radical (unpaired) electrons. The molecule has 6 heteroatoms. The lowest BCUT2D eigenvalue weighted by Gasteiger charge is -2.28. The van der Waals surface area contributed by atoms with Crippen LogP contribution in [0.2, 0.25) is 0 Å². The first kappa shape index (κ1) is 21.5. The van der Waals surface area contributed by atoms with Gasteiger partial charge in [0.1, 0.15) is 0 Å². The van der Waals surface area contributed by atoms with Crippen molar-refractivity contribution in [1.82, 2.24) is 15.5 Å². The quantitative estimate of drug-likeness (QED) is 0.630. The molecule has 3 rings (SSSR count). The van der Waals surface area contributed by atoms with Gasteiger partial charge in [-0.2, -0.15) is 0 Å². The summed E-state index contributed by atoms with van der Waals surface area (Å²) in [6.45, 7) is 4.16. The Morgan fingerprint density at radius 3 is 2.28 bits per heavy atom.